The molecule has 4 heteroatoms. The van der Waals surface area contributed by atoms with Crippen LogP contribution in [0.4, 0.5) is 0 Å². The van der Waals surface area contributed by atoms with Gasteiger partial charge in [-0.05, 0) is 36.4 Å². The molecule has 157 valence electrons. The van der Waals surface area contributed by atoms with Crippen molar-refractivity contribution < 1.29 is 29.4 Å². The van der Waals surface area contributed by atoms with Gasteiger partial charge in [0.25, 0.3) is 0 Å². The number of Topliss-reactive ketones (excluding diaryl/α,β-unsaturated/α-hetero) is 2. The summed E-state index contributed by atoms with van der Waals surface area (Å²) in [5.41, 5.74) is 5.50. The van der Waals surface area contributed by atoms with Gasteiger partial charge in [0.1, 0.15) is 0 Å². The molecule has 0 spiro atoms. The number of hydrogen-bond acceptors (Lipinski definition) is 3. The molecule has 3 aromatic carbocycles. The predicted octanol–water partition coefficient (Wildman–Crippen LogP) is 6.41. The average molecular weight is 585 g/mol. The van der Waals surface area contributed by atoms with Crippen molar-refractivity contribution in [3.8, 4) is 11.3 Å². The van der Waals surface area contributed by atoms with Crippen LogP contribution in [0.2, 0.25) is 0 Å². The monoisotopic (exact) mass is 586 g/mol. The zero-order valence-corrected chi connectivity index (χ0v) is 20.6. The molecular formula is C27H24NO2Os. The smallest absolute Gasteiger partial charge is 0.304 e. The van der Waals surface area contributed by atoms with Crippen molar-refractivity contribution in [1.29, 1.82) is 0 Å². The quantitative estimate of drug-likeness (QED) is 0.207. The molecule has 0 fully saturated rings. The number of ketones is 2. The standard InChI is InChI=1S/C17H14N.C10H10O2.Os/c1-12-9-13(2)11-15(10-12)17-16-6-4-3-5-14(16)7-8-18-17;1-7(11)9-5-3-4-6-10(9)8(2)12;/h3-10H,1-2H3;3-6H,1-2H3;/q-1;;+1. The first-order chi connectivity index (χ1) is 14.4. The van der Waals surface area contributed by atoms with Gasteiger partial charge < -0.3 is 4.98 Å². The largest absolute Gasteiger partial charge is 1.00 e. The minimum absolute atomic E-state index is 0. The molecule has 1 heterocycles. The molecule has 0 unspecified atom stereocenters. The number of rotatable bonds is 3. The van der Waals surface area contributed by atoms with Gasteiger partial charge in [-0.3, -0.25) is 9.59 Å². The number of pyridine rings is 1. The first kappa shape index (κ1) is 24.3. The third-order valence-corrected chi connectivity index (χ3v) is 4.76. The topological polar surface area (TPSA) is 47.0 Å². The van der Waals surface area contributed by atoms with E-state index in [9.17, 15) is 9.59 Å². The van der Waals surface area contributed by atoms with E-state index in [1.807, 2.05) is 12.3 Å². The van der Waals surface area contributed by atoms with Crippen molar-refractivity contribution in [2.45, 2.75) is 27.7 Å². The number of benzene rings is 3. The Morgan fingerprint density at radius 1 is 0.806 bits per heavy atom. The van der Waals surface area contributed by atoms with Gasteiger partial charge in [0, 0.05) is 17.3 Å². The van der Waals surface area contributed by atoms with Crippen molar-refractivity contribution in [3.63, 3.8) is 0 Å². The van der Waals surface area contributed by atoms with Crippen LogP contribution in [0.15, 0.2) is 72.9 Å². The Labute approximate surface area is 196 Å². The van der Waals surface area contributed by atoms with Crippen molar-refractivity contribution in [2.75, 3.05) is 0 Å². The van der Waals surface area contributed by atoms with Crippen LogP contribution in [-0.4, -0.2) is 16.6 Å². The van der Waals surface area contributed by atoms with E-state index >= 15 is 0 Å². The Morgan fingerprint density at radius 2 is 1.39 bits per heavy atom. The fraction of sp³-hybridized carbons (Fsp3) is 0.148. The first-order valence-corrected chi connectivity index (χ1v) is 9.82. The minimum atomic E-state index is -0.0687. The number of fused-ring (bicyclic) bond motifs is 1. The van der Waals surface area contributed by atoms with Crippen LogP contribution in [-0.2, 0) is 19.8 Å². The normalized spacial score (nSPS) is 9.94. The summed E-state index contributed by atoms with van der Waals surface area (Å²) in [6.45, 7) is 7.10. The summed E-state index contributed by atoms with van der Waals surface area (Å²) in [4.78, 5) is 26.6. The second-order valence-corrected chi connectivity index (χ2v) is 7.29. The Bertz CT molecular complexity index is 1170. The summed E-state index contributed by atoms with van der Waals surface area (Å²) in [6, 6.07) is 24.9. The third-order valence-electron chi connectivity index (χ3n) is 4.76. The molecule has 0 atom stereocenters. The van der Waals surface area contributed by atoms with E-state index in [0.29, 0.717) is 11.1 Å². The van der Waals surface area contributed by atoms with Gasteiger partial charge in [-0.15, -0.1) is 34.9 Å². The predicted molar refractivity (Wildman–Crippen MR) is 122 cm³/mol. The van der Waals surface area contributed by atoms with Gasteiger partial charge >= 0.3 is 19.8 Å². The number of aromatic nitrogens is 1. The average Bonchev–Trinajstić information content (AvgIpc) is 2.73. The molecule has 3 nitrogen and oxygen atoms in total. The van der Waals surface area contributed by atoms with Gasteiger partial charge in [-0.2, -0.15) is 0 Å². The molecule has 0 N–H and O–H groups in total. The fourth-order valence-electron chi connectivity index (χ4n) is 3.45. The summed E-state index contributed by atoms with van der Waals surface area (Å²) in [5.74, 6) is -0.137. The van der Waals surface area contributed by atoms with E-state index in [-0.39, 0.29) is 31.4 Å². The van der Waals surface area contributed by atoms with Crippen LogP contribution in [0.3, 0.4) is 0 Å². The molecule has 0 amide bonds. The zero-order chi connectivity index (χ0) is 21.7. The number of carbonyl (C=O) groups is 2. The Kier molecular flexibility index (Phi) is 8.54. The van der Waals surface area contributed by atoms with Crippen molar-refractivity contribution in [1.82, 2.24) is 4.98 Å². The molecule has 0 saturated carbocycles. The van der Waals surface area contributed by atoms with Gasteiger partial charge in [0.15, 0.2) is 11.6 Å². The van der Waals surface area contributed by atoms with Crippen LogP contribution in [0, 0.1) is 19.9 Å². The molecule has 31 heavy (non-hydrogen) atoms. The van der Waals surface area contributed by atoms with Crippen LogP contribution in [0.25, 0.3) is 22.0 Å². The molecule has 0 aliphatic heterocycles. The number of nitrogens with zero attached hydrogens (tertiary/aromatic N) is 1. The van der Waals surface area contributed by atoms with Crippen molar-refractivity contribution in [2.24, 2.45) is 0 Å². The van der Waals surface area contributed by atoms with Crippen LogP contribution in [0.1, 0.15) is 45.7 Å². The third kappa shape index (κ3) is 6.03. The van der Waals surface area contributed by atoms with E-state index in [2.05, 4.69) is 61.3 Å². The molecule has 1 radical (unpaired) electrons. The van der Waals surface area contributed by atoms with Crippen LogP contribution >= 0.6 is 0 Å². The Hall–Kier alpha value is -2.95. The van der Waals surface area contributed by atoms with Gasteiger partial charge in [-0.1, -0.05) is 62.4 Å². The molecule has 0 aliphatic rings. The summed E-state index contributed by atoms with van der Waals surface area (Å²) in [5, 5.41) is 2.40. The Balaban J connectivity index is 0.000000231. The maximum Gasteiger partial charge on any atom is 1.00 e. The molecule has 4 aromatic rings. The molecule has 0 bridgehead atoms. The SMILES string of the molecule is CC(=O)c1ccccc1C(C)=O.Cc1[c-]c(-c2nccc3ccccc23)cc(C)c1.[Os+]. The second-order valence-electron chi connectivity index (χ2n) is 7.29. The number of hydrogen-bond donors (Lipinski definition) is 0. The zero-order valence-electron chi connectivity index (χ0n) is 18.0. The van der Waals surface area contributed by atoms with Crippen LogP contribution in [0.5, 0.6) is 0 Å². The summed E-state index contributed by atoms with van der Waals surface area (Å²) in [7, 11) is 0. The molecule has 0 saturated heterocycles. The Morgan fingerprint density at radius 3 is 1.97 bits per heavy atom. The van der Waals surface area contributed by atoms with E-state index in [4.69, 9.17) is 0 Å². The summed E-state index contributed by atoms with van der Waals surface area (Å²) >= 11 is 0. The second kappa shape index (κ2) is 10.9. The summed E-state index contributed by atoms with van der Waals surface area (Å²) < 4.78 is 0. The van der Waals surface area contributed by atoms with Crippen molar-refractivity contribution in [3.05, 3.63) is 101 Å². The fourth-order valence-corrected chi connectivity index (χ4v) is 3.45. The first-order valence-electron chi connectivity index (χ1n) is 9.82. The van der Waals surface area contributed by atoms with E-state index in [1.54, 1.807) is 24.3 Å². The number of carbonyl (C=O) groups excluding carboxylic acids is 2. The van der Waals surface area contributed by atoms with E-state index in [1.165, 1.54) is 30.2 Å². The maximum absolute atomic E-state index is 11.0. The molecule has 0 aliphatic carbocycles. The van der Waals surface area contributed by atoms with E-state index < -0.39 is 0 Å². The summed E-state index contributed by atoms with van der Waals surface area (Å²) in [6.07, 6.45) is 1.86. The molecule has 4 rings (SSSR count). The maximum atomic E-state index is 11.0. The van der Waals surface area contributed by atoms with Crippen LogP contribution < -0.4 is 0 Å². The molecule has 1 aromatic heterocycles. The van der Waals surface area contributed by atoms with Gasteiger partial charge in [0.05, 0.1) is 0 Å². The van der Waals surface area contributed by atoms with Gasteiger partial charge in [0.2, 0.25) is 0 Å². The minimum Gasteiger partial charge on any atom is -0.304 e. The van der Waals surface area contributed by atoms with E-state index in [0.717, 1.165) is 16.8 Å². The van der Waals surface area contributed by atoms with Crippen molar-refractivity contribution >= 4 is 22.3 Å². The van der Waals surface area contributed by atoms with Gasteiger partial charge in [-0.25, -0.2) is 0 Å². The number of aryl methyl sites for hydroxylation is 2. The molecular weight excluding hydrogens is 561 g/mol.